The molecule has 3 heterocycles. The van der Waals surface area contributed by atoms with Gasteiger partial charge in [0, 0.05) is 12.1 Å². The highest BCUT2D eigenvalue weighted by atomic mass is 79.9. The van der Waals surface area contributed by atoms with E-state index < -0.39 is 27.9 Å². The van der Waals surface area contributed by atoms with Gasteiger partial charge in [0.05, 0.1) is 18.7 Å². The molecule has 0 fully saturated rings. The lowest BCUT2D eigenvalue weighted by molar-refractivity contribution is 0.0998. The number of pyridine rings is 1. The monoisotopic (exact) mass is 510 g/mol. The zero-order valence-corrected chi connectivity index (χ0v) is 19.0. The second kappa shape index (κ2) is 8.74. The molecular weight excluding hydrogens is 490 g/mol. The molecule has 2 atom stereocenters. The molecule has 164 valence electrons. The van der Waals surface area contributed by atoms with E-state index in [1.165, 1.54) is 10.4 Å². The minimum absolute atomic E-state index is 0.162. The first-order valence-electron chi connectivity index (χ1n) is 9.91. The van der Waals surface area contributed by atoms with Gasteiger partial charge in [-0.3, -0.25) is 14.1 Å². The Balaban J connectivity index is 1.86. The first-order valence-corrected chi connectivity index (χ1v) is 12.3. The highest BCUT2D eigenvalue weighted by Crippen LogP contribution is 2.37. The molecule has 4 rings (SSSR count). The predicted molar refractivity (Wildman–Crippen MR) is 119 cm³/mol. The maximum Gasteiger partial charge on any atom is 0.170 e. The molecule has 1 aromatic heterocycles. The predicted octanol–water partition coefficient (Wildman–Crippen LogP) is 4.31. The fraction of sp³-hybridized carbons (Fsp3) is 0.381. The van der Waals surface area contributed by atoms with Crippen LogP contribution in [0.15, 0.2) is 56.4 Å². The van der Waals surface area contributed by atoms with Gasteiger partial charge in [0.15, 0.2) is 5.78 Å². The van der Waals surface area contributed by atoms with Crippen LogP contribution in [-0.4, -0.2) is 50.6 Å². The van der Waals surface area contributed by atoms with Crippen molar-refractivity contribution in [1.82, 2.24) is 9.29 Å². The maximum atomic E-state index is 14.7. The molecule has 0 saturated carbocycles. The molecule has 2 aliphatic heterocycles. The first kappa shape index (κ1) is 22.0. The van der Waals surface area contributed by atoms with E-state index in [2.05, 4.69) is 30.3 Å². The summed E-state index contributed by atoms with van der Waals surface area (Å²) in [6.07, 6.45) is 1.25. The van der Waals surface area contributed by atoms with E-state index in [0.717, 1.165) is 12.5 Å². The Hall–Kier alpha value is -2.20. The largest absolute Gasteiger partial charge is 0.294 e. The zero-order chi connectivity index (χ0) is 22.1. The molecule has 0 bridgehead atoms. The van der Waals surface area contributed by atoms with Gasteiger partial charge >= 0.3 is 0 Å². The summed E-state index contributed by atoms with van der Waals surface area (Å²) in [7, 11) is -3.13. The normalized spacial score (nSPS) is 25.8. The van der Waals surface area contributed by atoms with Crippen LogP contribution < -0.4 is 0 Å². The maximum absolute atomic E-state index is 14.7. The van der Waals surface area contributed by atoms with Crippen LogP contribution in [0.5, 0.6) is 0 Å². The lowest BCUT2D eigenvalue weighted by atomic mass is 9.98. The minimum Gasteiger partial charge on any atom is -0.294 e. The summed E-state index contributed by atoms with van der Waals surface area (Å²) in [5.74, 6) is -1.15. The third kappa shape index (κ3) is 4.27. The van der Waals surface area contributed by atoms with E-state index >= 15 is 0 Å². The molecular formula is C21H21BrF2N4O2S. The van der Waals surface area contributed by atoms with Crippen molar-refractivity contribution >= 4 is 37.5 Å². The molecule has 1 aromatic carbocycles. The van der Waals surface area contributed by atoms with Crippen molar-refractivity contribution in [3.8, 4) is 0 Å². The molecule has 0 radical (unpaired) electrons. The lowest BCUT2D eigenvalue weighted by Crippen LogP contribution is -2.52. The molecule has 0 spiro atoms. The fourth-order valence-corrected chi connectivity index (χ4v) is 6.71. The topological polar surface area (TPSA) is 75.0 Å². The number of hydrogen-bond acceptors (Lipinski definition) is 5. The Bertz CT molecular complexity index is 1150. The van der Waals surface area contributed by atoms with Crippen molar-refractivity contribution in [3.63, 3.8) is 0 Å². The SMILES string of the molecule is O=C(CC1=N[C@](CF)(c2nc(Br)ccc2F)CS2(=O)=NCCCCN12)c1ccccc1. The van der Waals surface area contributed by atoms with Gasteiger partial charge in [0.25, 0.3) is 0 Å². The van der Waals surface area contributed by atoms with Gasteiger partial charge in [0.1, 0.15) is 44.1 Å². The molecule has 0 amide bonds. The first-order chi connectivity index (χ1) is 14.9. The standard InChI is InChI=1S/C21H21BrF2N4O2S/c22-18-9-8-16(24)20(26-18)21(13-23)14-31(30)25-10-4-5-11-28(31)19(27-21)12-17(29)15-6-2-1-3-7-15/h1-3,6-9H,4-5,10-14H2/t21-,31?/m0/s1. The average Bonchev–Trinajstić information content (AvgIpc) is 2.97. The summed E-state index contributed by atoms with van der Waals surface area (Å²) in [6.45, 7) is -0.372. The van der Waals surface area contributed by atoms with E-state index in [0.29, 0.717) is 29.7 Å². The number of carbonyl (C=O) groups is 1. The Kier molecular flexibility index (Phi) is 6.20. The minimum atomic E-state index is -3.13. The fourth-order valence-electron chi connectivity index (χ4n) is 3.85. The van der Waals surface area contributed by atoms with Crippen LogP contribution in [-0.2, 0) is 15.5 Å². The van der Waals surface area contributed by atoms with Crippen LogP contribution in [0.1, 0.15) is 35.3 Å². The van der Waals surface area contributed by atoms with Gasteiger partial charge in [0.2, 0.25) is 0 Å². The average molecular weight is 511 g/mol. The molecule has 0 N–H and O–H groups in total. The zero-order valence-electron chi connectivity index (χ0n) is 16.6. The molecule has 10 heteroatoms. The molecule has 2 aromatic rings. The van der Waals surface area contributed by atoms with Crippen molar-refractivity contribution in [1.29, 1.82) is 0 Å². The Morgan fingerprint density at radius 1 is 1.19 bits per heavy atom. The van der Waals surface area contributed by atoms with E-state index in [9.17, 15) is 17.8 Å². The van der Waals surface area contributed by atoms with Crippen LogP contribution in [0.4, 0.5) is 8.78 Å². The summed E-state index contributed by atoms with van der Waals surface area (Å²) < 4.78 is 49.5. The summed E-state index contributed by atoms with van der Waals surface area (Å²) in [6, 6.07) is 11.2. The summed E-state index contributed by atoms with van der Waals surface area (Å²) >= 11 is 3.19. The third-order valence-electron chi connectivity index (χ3n) is 5.35. The van der Waals surface area contributed by atoms with Crippen molar-refractivity contribution in [2.45, 2.75) is 24.8 Å². The molecule has 1 unspecified atom stereocenters. The number of nitrogens with zero attached hydrogens (tertiary/aromatic N) is 4. The third-order valence-corrected chi connectivity index (χ3v) is 8.32. The lowest BCUT2D eigenvalue weighted by Gasteiger charge is -2.39. The van der Waals surface area contributed by atoms with Crippen LogP contribution >= 0.6 is 15.9 Å². The Labute approximate surface area is 188 Å². The Morgan fingerprint density at radius 2 is 1.97 bits per heavy atom. The number of amidine groups is 1. The molecule has 31 heavy (non-hydrogen) atoms. The number of fused-ring (bicyclic) bond motifs is 1. The number of aliphatic imine (C=N–C) groups is 1. The van der Waals surface area contributed by atoms with Gasteiger partial charge in [-0.1, -0.05) is 30.3 Å². The second-order valence-electron chi connectivity index (χ2n) is 7.54. The smallest absolute Gasteiger partial charge is 0.170 e. The molecule has 2 aliphatic rings. The van der Waals surface area contributed by atoms with Gasteiger partial charge in [-0.05, 0) is 40.9 Å². The van der Waals surface area contributed by atoms with Crippen LogP contribution in [0.2, 0.25) is 0 Å². The number of halogens is 3. The Morgan fingerprint density at radius 3 is 2.71 bits per heavy atom. The molecule has 6 nitrogen and oxygen atoms in total. The summed E-state index contributed by atoms with van der Waals surface area (Å²) in [5.41, 5.74) is -1.59. The van der Waals surface area contributed by atoms with Crippen LogP contribution in [0.3, 0.4) is 0 Å². The summed E-state index contributed by atoms with van der Waals surface area (Å²) in [5, 5.41) is 0. The number of ketones is 1. The van der Waals surface area contributed by atoms with Crippen molar-refractivity contribution in [2.24, 2.45) is 9.36 Å². The highest BCUT2D eigenvalue weighted by Gasteiger charge is 2.47. The van der Waals surface area contributed by atoms with Gasteiger partial charge < -0.3 is 0 Å². The van der Waals surface area contributed by atoms with Crippen molar-refractivity contribution in [3.05, 3.63) is 64.1 Å². The van der Waals surface area contributed by atoms with Gasteiger partial charge in [-0.25, -0.2) is 22.3 Å². The van der Waals surface area contributed by atoms with E-state index in [1.807, 2.05) is 0 Å². The number of benzene rings is 1. The van der Waals surface area contributed by atoms with Crippen LogP contribution in [0.25, 0.3) is 0 Å². The number of Topliss-reactive ketones (excluding diaryl/α,β-unsaturated/α-hetero) is 1. The van der Waals surface area contributed by atoms with E-state index in [4.69, 9.17) is 0 Å². The van der Waals surface area contributed by atoms with Gasteiger partial charge in [-0.2, -0.15) is 0 Å². The summed E-state index contributed by atoms with van der Waals surface area (Å²) in [4.78, 5) is 21.6. The number of carbonyl (C=O) groups excluding carboxylic acids is 1. The van der Waals surface area contributed by atoms with Crippen molar-refractivity contribution < 1.29 is 17.8 Å². The number of alkyl halides is 1. The van der Waals surface area contributed by atoms with Crippen LogP contribution in [0, 0.1) is 5.82 Å². The highest BCUT2D eigenvalue weighted by molar-refractivity contribution is 9.10. The molecule has 0 saturated heterocycles. The second-order valence-corrected chi connectivity index (χ2v) is 10.6. The van der Waals surface area contributed by atoms with E-state index in [1.54, 1.807) is 30.3 Å². The number of rotatable bonds is 5. The number of hydrogen-bond donors (Lipinski definition) is 0. The molecule has 0 aliphatic carbocycles. The quantitative estimate of drug-likeness (QED) is 0.444. The van der Waals surface area contributed by atoms with Crippen molar-refractivity contribution in [2.75, 3.05) is 25.5 Å². The van der Waals surface area contributed by atoms with Gasteiger partial charge in [-0.15, -0.1) is 0 Å². The number of aromatic nitrogens is 1. The van der Waals surface area contributed by atoms with E-state index in [-0.39, 0.29) is 29.5 Å².